The van der Waals surface area contributed by atoms with Crippen molar-refractivity contribution in [1.82, 2.24) is 4.90 Å². The number of nitrogens with two attached hydrogens (primary N) is 1. The van der Waals surface area contributed by atoms with Gasteiger partial charge in [0.15, 0.2) is 0 Å². The lowest BCUT2D eigenvalue weighted by Gasteiger charge is -2.30. The third-order valence-corrected chi connectivity index (χ3v) is 1.28. The maximum atomic E-state index is 5.05. The Labute approximate surface area is 68.6 Å². The van der Waals surface area contributed by atoms with Crippen LogP contribution in [0, 0.1) is 0 Å². The van der Waals surface area contributed by atoms with Crippen molar-refractivity contribution >= 4 is 6.34 Å². The molecule has 0 aliphatic carbocycles. The Morgan fingerprint density at radius 2 is 1.91 bits per heavy atom. The fourth-order valence-electron chi connectivity index (χ4n) is 0.668. The number of rotatable bonds is 2. The summed E-state index contributed by atoms with van der Waals surface area (Å²) in [6.07, 6.45) is 5.50. The monoisotopic (exact) mass is 155 g/mol. The second kappa shape index (κ2) is 4.01. The molecule has 0 saturated carbocycles. The predicted molar refractivity (Wildman–Crippen MR) is 49.1 cm³/mol. The van der Waals surface area contributed by atoms with Gasteiger partial charge in [0.25, 0.3) is 0 Å². The Morgan fingerprint density at radius 1 is 1.36 bits per heavy atom. The Kier molecular flexibility index (Phi) is 3.65. The van der Waals surface area contributed by atoms with Crippen molar-refractivity contribution in [3.63, 3.8) is 0 Å². The van der Waals surface area contributed by atoms with E-state index in [1.807, 2.05) is 24.1 Å². The number of nitrogens with zero attached hydrogens (tertiary/aromatic N) is 2. The normalized spacial score (nSPS) is 13.1. The summed E-state index contributed by atoms with van der Waals surface area (Å²) in [6, 6.07) is 0. The minimum absolute atomic E-state index is 0.0371. The standard InChI is InChI=1S/C8H17N3/c1-5-6-11(7-10-9)8(2,3)4/h5-7H,9H2,1-4H3/b6-5-,10-7-. The zero-order chi connectivity index (χ0) is 8.91. The van der Waals surface area contributed by atoms with Crippen LogP contribution >= 0.6 is 0 Å². The third kappa shape index (κ3) is 3.65. The van der Waals surface area contributed by atoms with E-state index in [2.05, 4.69) is 25.9 Å². The summed E-state index contributed by atoms with van der Waals surface area (Å²) in [5.74, 6) is 5.05. The van der Waals surface area contributed by atoms with E-state index >= 15 is 0 Å². The number of hydrazone groups is 1. The van der Waals surface area contributed by atoms with Crippen LogP contribution in [0.5, 0.6) is 0 Å². The van der Waals surface area contributed by atoms with Crippen LogP contribution in [0.1, 0.15) is 27.7 Å². The molecule has 0 aromatic carbocycles. The van der Waals surface area contributed by atoms with Crippen molar-refractivity contribution in [3.8, 4) is 0 Å². The highest BCUT2D eigenvalue weighted by Crippen LogP contribution is 2.10. The Balaban J connectivity index is 4.34. The molecule has 0 unspecified atom stereocenters. The van der Waals surface area contributed by atoms with E-state index in [4.69, 9.17) is 5.84 Å². The highest BCUT2D eigenvalue weighted by molar-refractivity contribution is 5.57. The number of allylic oxidation sites excluding steroid dienone is 1. The second-order valence-corrected chi connectivity index (χ2v) is 3.33. The summed E-state index contributed by atoms with van der Waals surface area (Å²) in [5, 5.41) is 3.47. The van der Waals surface area contributed by atoms with E-state index in [0.717, 1.165) is 0 Å². The summed E-state index contributed by atoms with van der Waals surface area (Å²) in [4.78, 5) is 1.95. The maximum absolute atomic E-state index is 5.05. The fourth-order valence-corrected chi connectivity index (χ4v) is 0.668. The van der Waals surface area contributed by atoms with Gasteiger partial charge in [-0.3, -0.25) is 0 Å². The first-order valence-electron chi connectivity index (χ1n) is 3.67. The molecular formula is C8H17N3. The zero-order valence-electron chi connectivity index (χ0n) is 7.70. The van der Waals surface area contributed by atoms with Crippen molar-refractivity contribution < 1.29 is 0 Å². The summed E-state index contributed by atoms with van der Waals surface area (Å²) in [6.45, 7) is 8.24. The molecule has 0 aromatic rings. The largest absolute Gasteiger partial charge is 0.333 e. The molecule has 0 radical (unpaired) electrons. The molecule has 0 rings (SSSR count). The van der Waals surface area contributed by atoms with E-state index < -0.39 is 0 Å². The topological polar surface area (TPSA) is 41.6 Å². The van der Waals surface area contributed by atoms with E-state index in [-0.39, 0.29) is 5.54 Å². The molecule has 0 saturated heterocycles. The van der Waals surface area contributed by atoms with Gasteiger partial charge in [-0.2, -0.15) is 5.10 Å². The third-order valence-electron chi connectivity index (χ3n) is 1.28. The lowest BCUT2D eigenvalue weighted by Crippen LogP contribution is -2.36. The van der Waals surface area contributed by atoms with Crippen LogP contribution in [0.2, 0.25) is 0 Å². The van der Waals surface area contributed by atoms with Gasteiger partial charge in [0.2, 0.25) is 0 Å². The molecule has 0 atom stereocenters. The Bertz CT molecular complexity index is 141. The van der Waals surface area contributed by atoms with Gasteiger partial charge in [0.1, 0.15) is 6.34 Å². The van der Waals surface area contributed by atoms with Crippen LogP contribution in [0.15, 0.2) is 17.4 Å². The molecule has 0 aliphatic rings. The Hall–Kier alpha value is -0.990. The summed E-state index contributed by atoms with van der Waals surface area (Å²) in [5.41, 5.74) is 0.0371. The molecule has 0 spiro atoms. The van der Waals surface area contributed by atoms with Gasteiger partial charge in [-0.15, -0.1) is 0 Å². The highest BCUT2D eigenvalue weighted by atomic mass is 15.3. The van der Waals surface area contributed by atoms with Gasteiger partial charge in [-0.1, -0.05) is 6.08 Å². The Morgan fingerprint density at radius 3 is 2.18 bits per heavy atom. The van der Waals surface area contributed by atoms with Crippen molar-refractivity contribution in [2.45, 2.75) is 33.2 Å². The van der Waals surface area contributed by atoms with Crippen molar-refractivity contribution in [2.24, 2.45) is 10.9 Å². The molecule has 3 heteroatoms. The summed E-state index contributed by atoms with van der Waals surface area (Å²) in [7, 11) is 0. The van der Waals surface area contributed by atoms with Crippen LogP contribution < -0.4 is 5.84 Å². The van der Waals surface area contributed by atoms with Gasteiger partial charge < -0.3 is 10.7 Å². The summed E-state index contributed by atoms with van der Waals surface area (Å²) >= 11 is 0. The number of hydrogen-bond donors (Lipinski definition) is 1. The first-order chi connectivity index (χ1) is 5.02. The van der Waals surface area contributed by atoms with Crippen LogP contribution in [0.4, 0.5) is 0 Å². The average molecular weight is 155 g/mol. The molecule has 0 fully saturated rings. The zero-order valence-corrected chi connectivity index (χ0v) is 7.70. The van der Waals surface area contributed by atoms with Crippen LogP contribution in [-0.2, 0) is 0 Å². The minimum Gasteiger partial charge on any atom is -0.333 e. The molecule has 0 heterocycles. The molecule has 3 nitrogen and oxygen atoms in total. The van der Waals surface area contributed by atoms with Crippen molar-refractivity contribution in [3.05, 3.63) is 12.3 Å². The highest BCUT2D eigenvalue weighted by Gasteiger charge is 2.15. The smallest absolute Gasteiger partial charge is 0.115 e. The van der Waals surface area contributed by atoms with Gasteiger partial charge >= 0.3 is 0 Å². The van der Waals surface area contributed by atoms with Crippen molar-refractivity contribution in [1.29, 1.82) is 0 Å². The molecule has 0 aromatic heterocycles. The lowest BCUT2D eigenvalue weighted by molar-refractivity contribution is 0.319. The lowest BCUT2D eigenvalue weighted by atomic mass is 10.1. The van der Waals surface area contributed by atoms with Gasteiger partial charge in [-0.25, -0.2) is 0 Å². The average Bonchev–Trinajstić information content (AvgIpc) is 1.85. The van der Waals surface area contributed by atoms with Crippen LogP contribution in [0.3, 0.4) is 0 Å². The van der Waals surface area contributed by atoms with Gasteiger partial charge in [-0.05, 0) is 27.7 Å². The maximum Gasteiger partial charge on any atom is 0.115 e. The molecule has 0 amide bonds. The van der Waals surface area contributed by atoms with E-state index in [9.17, 15) is 0 Å². The van der Waals surface area contributed by atoms with Gasteiger partial charge in [0, 0.05) is 11.7 Å². The molecule has 0 aliphatic heterocycles. The molecular weight excluding hydrogens is 138 g/mol. The van der Waals surface area contributed by atoms with Crippen LogP contribution in [-0.4, -0.2) is 16.8 Å². The molecule has 0 bridgehead atoms. The predicted octanol–water partition coefficient (Wildman–Crippen LogP) is 1.52. The van der Waals surface area contributed by atoms with E-state index in [1.165, 1.54) is 0 Å². The molecule has 2 N–H and O–H groups in total. The first-order valence-corrected chi connectivity index (χ1v) is 3.67. The minimum atomic E-state index is 0.0371. The fraction of sp³-hybridized carbons (Fsp3) is 0.625. The van der Waals surface area contributed by atoms with Gasteiger partial charge in [0.05, 0.1) is 0 Å². The van der Waals surface area contributed by atoms with Crippen molar-refractivity contribution in [2.75, 3.05) is 0 Å². The second-order valence-electron chi connectivity index (χ2n) is 3.33. The first kappa shape index (κ1) is 10.0. The van der Waals surface area contributed by atoms with E-state index in [0.29, 0.717) is 0 Å². The van der Waals surface area contributed by atoms with Crippen LogP contribution in [0.25, 0.3) is 0 Å². The van der Waals surface area contributed by atoms with E-state index in [1.54, 1.807) is 6.34 Å². The quantitative estimate of drug-likeness (QED) is 0.284. The number of hydrogen-bond acceptors (Lipinski definition) is 2. The molecule has 64 valence electrons. The summed E-state index contributed by atoms with van der Waals surface area (Å²) < 4.78 is 0. The molecule has 11 heavy (non-hydrogen) atoms. The SMILES string of the molecule is C/C=C\N(/C=N\N)C(C)(C)C.